The molecule has 0 radical (unpaired) electrons. The minimum Gasteiger partial charge on any atom is -0.280 e. The summed E-state index contributed by atoms with van der Waals surface area (Å²) >= 11 is 9.22. The van der Waals surface area contributed by atoms with Crippen molar-refractivity contribution in [3.05, 3.63) is 91.9 Å². The van der Waals surface area contributed by atoms with Crippen LogP contribution >= 0.6 is 27.5 Å². The Morgan fingerprint density at radius 1 is 1.10 bits per heavy atom. The van der Waals surface area contributed by atoms with E-state index in [0.717, 1.165) is 16.1 Å². The van der Waals surface area contributed by atoms with Gasteiger partial charge in [-0.25, -0.2) is 8.42 Å². The Balaban J connectivity index is 1.98. The maximum atomic E-state index is 13.0. The second-order valence-corrected chi connectivity index (χ2v) is 9.37. The molecule has 0 bridgehead atoms. The Morgan fingerprint density at radius 3 is 2.45 bits per heavy atom. The number of hydrogen-bond acceptors (Lipinski definition) is 6. The maximum Gasteiger partial charge on any atom is 0.270 e. The third kappa shape index (κ3) is 5.81. The van der Waals surface area contributed by atoms with Gasteiger partial charge in [0.15, 0.2) is 0 Å². The zero-order chi connectivity index (χ0) is 22.6. The van der Waals surface area contributed by atoms with Gasteiger partial charge in [0.05, 0.1) is 16.3 Å². The number of anilines is 2. The van der Waals surface area contributed by atoms with E-state index in [1.807, 2.05) is 24.3 Å². The van der Waals surface area contributed by atoms with Gasteiger partial charge in [-0.05, 0) is 55.0 Å². The van der Waals surface area contributed by atoms with E-state index in [1.165, 1.54) is 36.4 Å². The van der Waals surface area contributed by atoms with Gasteiger partial charge in [-0.2, -0.15) is 5.10 Å². The monoisotopic (exact) mass is 522 g/mol. The Bertz CT molecular complexity index is 1260. The minimum absolute atomic E-state index is 0.0846. The molecule has 31 heavy (non-hydrogen) atoms. The van der Waals surface area contributed by atoms with Crippen molar-refractivity contribution in [1.82, 2.24) is 0 Å². The molecule has 0 unspecified atom stereocenters. The number of non-ortho nitro benzene ring substituents is 1. The normalized spacial score (nSPS) is 11.8. The minimum atomic E-state index is -4.17. The van der Waals surface area contributed by atoms with Crippen molar-refractivity contribution in [3.63, 3.8) is 0 Å². The lowest BCUT2D eigenvalue weighted by molar-refractivity contribution is -0.385. The van der Waals surface area contributed by atoms with Crippen LogP contribution in [0.3, 0.4) is 0 Å². The molecular formula is C20H16BrClN4O4S. The van der Waals surface area contributed by atoms with Gasteiger partial charge in [0, 0.05) is 27.3 Å². The molecule has 0 saturated carbocycles. The molecule has 0 aliphatic carbocycles. The highest BCUT2D eigenvalue weighted by atomic mass is 79.9. The van der Waals surface area contributed by atoms with Gasteiger partial charge in [-0.15, -0.1) is 0 Å². The van der Waals surface area contributed by atoms with Crippen molar-refractivity contribution in [3.8, 4) is 0 Å². The molecule has 0 fully saturated rings. The van der Waals surface area contributed by atoms with E-state index in [4.69, 9.17) is 11.6 Å². The first-order valence-electron chi connectivity index (χ1n) is 8.79. The number of hydrazone groups is 1. The lowest BCUT2D eigenvalue weighted by Gasteiger charge is -2.12. The number of hydrogen-bond donors (Lipinski definition) is 2. The van der Waals surface area contributed by atoms with Crippen molar-refractivity contribution in [2.45, 2.75) is 11.8 Å². The third-order valence-electron chi connectivity index (χ3n) is 4.15. The molecule has 160 valence electrons. The Hall–Kier alpha value is -2.95. The highest BCUT2D eigenvalue weighted by molar-refractivity contribution is 9.10. The largest absolute Gasteiger partial charge is 0.280 e. The fraction of sp³-hybridized carbons (Fsp3) is 0.0500. The van der Waals surface area contributed by atoms with Crippen LogP contribution in [0.15, 0.2) is 81.2 Å². The summed E-state index contributed by atoms with van der Waals surface area (Å²) in [5, 5.41) is 15.9. The molecule has 0 aromatic heterocycles. The first-order valence-corrected chi connectivity index (χ1v) is 11.4. The molecule has 0 amide bonds. The van der Waals surface area contributed by atoms with E-state index in [1.54, 1.807) is 6.92 Å². The Morgan fingerprint density at radius 2 is 1.81 bits per heavy atom. The lowest BCUT2D eigenvalue weighted by Crippen LogP contribution is -2.15. The van der Waals surface area contributed by atoms with Gasteiger partial charge >= 0.3 is 0 Å². The summed E-state index contributed by atoms with van der Waals surface area (Å²) in [7, 11) is -4.17. The maximum absolute atomic E-state index is 13.0. The number of benzene rings is 3. The number of halogens is 2. The molecule has 3 rings (SSSR count). The van der Waals surface area contributed by atoms with Gasteiger partial charge < -0.3 is 0 Å². The Kier molecular flexibility index (Phi) is 6.94. The quantitative estimate of drug-likeness (QED) is 0.236. The van der Waals surface area contributed by atoms with Crippen molar-refractivity contribution < 1.29 is 13.3 Å². The molecule has 0 atom stereocenters. The molecule has 2 N–H and O–H groups in total. The smallest absolute Gasteiger partial charge is 0.270 e. The van der Waals surface area contributed by atoms with Crippen LogP contribution in [0.25, 0.3) is 0 Å². The Labute approximate surface area is 192 Å². The van der Waals surface area contributed by atoms with Gasteiger partial charge in [-0.3, -0.25) is 20.3 Å². The first-order chi connectivity index (χ1) is 14.7. The van der Waals surface area contributed by atoms with E-state index < -0.39 is 14.9 Å². The molecule has 0 spiro atoms. The van der Waals surface area contributed by atoms with E-state index >= 15 is 0 Å². The van der Waals surface area contributed by atoms with Crippen LogP contribution in [0.4, 0.5) is 17.1 Å². The summed E-state index contributed by atoms with van der Waals surface area (Å²) in [5.74, 6) is 0. The van der Waals surface area contributed by atoms with Crippen LogP contribution in [0.2, 0.25) is 5.02 Å². The SMILES string of the molecule is C/C(=N/Nc1ccc([N+](=O)[O-])cc1S(=O)(=O)Nc1ccc(Cl)cc1)c1cccc(Br)c1. The molecule has 0 saturated heterocycles. The summed E-state index contributed by atoms with van der Waals surface area (Å²) in [5.41, 5.74) is 4.09. The predicted molar refractivity (Wildman–Crippen MR) is 125 cm³/mol. The second-order valence-electron chi connectivity index (χ2n) is 6.37. The highest BCUT2D eigenvalue weighted by Crippen LogP contribution is 2.29. The van der Waals surface area contributed by atoms with Crippen molar-refractivity contribution in [2.24, 2.45) is 5.10 Å². The zero-order valence-electron chi connectivity index (χ0n) is 16.0. The first kappa shape index (κ1) is 22.7. The topological polar surface area (TPSA) is 114 Å². The summed E-state index contributed by atoms with van der Waals surface area (Å²) in [6.45, 7) is 1.75. The molecule has 0 aliphatic heterocycles. The molecule has 3 aromatic carbocycles. The number of rotatable bonds is 7. The summed E-state index contributed by atoms with van der Waals surface area (Å²) < 4.78 is 29.2. The zero-order valence-corrected chi connectivity index (χ0v) is 19.2. The van der Waals surface area contributed by atoms with Crippen molar-refractivity contribution in [1.29, 1.82) is 0 Å². The lowest BCUT2D eigenvalue weighted by atomic mass is 10.1. The van der Waals surface area contributed by atoms with Crippen molar-refractivity contribution >= 4 is 60.3 Å². The average molecular weight is 524 g/mol. The summed E-state index contributed by atoms with van der Waals surface area (Å²) in [6, 6.07) is 16.9. The number of nitrogens with zero attached hydrogens (tertiary/aromatic N) is 2. The fourth-order valence-electron chi connectivity index (χ4n) is 2.59. The van der Waals surface area contributed by atoms with Crippen LogP contribution < -0.4 is 10.1 Å². The van der Waals surface area contributed by atoms with E-state index in [9.17, 15) is 18.5 Å². The molecule has 11 heteroatoms. The van der Waals surface area contributed by atoms with Crippen molar-refractivity contribution in [2.75, 3.05) is 10.1 Å². The predicted octanol–water partition coefficient (Wildman–Crippen LogP) is 5.65. The summed E-state index contributed by atoms with van der Waals surface area (Å²) in [4.78, 5) is 10.2. The van der Waals surface area contributed by atoms with Crippen LogP contribution in [-0.2, 0) is 10.0 Å². The third-order valence-corrected chi connectivity index (χ3v) is 6.31. The molecule has 8 nitrogen and oxygen atoms in total. The van der Waals surface area contributed by atoms with E-state index in [-0.39, 0.29) is 22.0 Å². The highest BCUT2D eigenvalue weighted by Gasteiger charge is 2.23. The number of sulfonamides is 1. The second kappa shape index (κ2) is 9.46. The molecule has 0 heterocycles. The fourth-order valence-corrected chi connectivity index (χ4v) is 4.35. The van der Waals surface area contributed by atoms with Gasteiger partial charge in [0.1, 0.15) is 4.90 Å². The van der Waals surface area contributed by atoms with Gasteiger partial charge in [-0.1, -0.05) is 39.7 Å². The summed E-state index contributed by atoms with van der Waals surface area (Å²) in [6.07, 6.45) is 0. The van der Waals surface area contributed by atoms with Crippen LogP contribution in [0, 0.1) is 10.1 Å². The number of nitrogens with one attached hydrogen (secondary N) is 2. The standard InChI is InChI=1S/C20H16BrClN4O4S/c1-13(14-3-2-4-15(21)11-14)23-24-19-10-9-18(26(27)28)12-20(19)31(29,30)25-17-7-5-16(22)6-8-17/h2-12,24-25H,1H3/b23-13-. The molecule has 3 aromatic rings. The van der Waals surface area contributed by atoms with Gasteiger partial charge in [0.2, 0.25) is 0 Å². The van der Waals surface area contributed by atoms with Crippen LogP contribution in [0.5, 0.6) is 0 Å². The van der Waals surface area contributed by atoms with Gasteiger partial charge in [0.25, 0.3) is 15.7 Å². The number of nitro groups is 1. The van der Waals surface area contributed by atoms with E-state index in [2.05, 4.69) is 31.2 Å². The van der Waals surface area contributed by atoms with E-state index in [0.29, 0.717) is 10.7 Å². The number of nitro benzene ring substituents is 1. The molecule has 0 aliphatic rings. The van der Waals surface area contributed by atoms with Crippen LogP contribution in [0.1, 0.15) is 12.5 Å². The van der Waals surface area contributed by atoms with Crippen LogP contribution in [-0.4, -0.2) is 19.1 Å². The molecular weight excluding hydrogens is 508 g/mol. The average Bonchev–Trinajstić information content (AvgIpc) is 2.73.